The van der Waals surface area contributed by atoms with E-state index in [0.29, 0.717) is 29.8 Å². The van der Waals surface area contributed by atoms with E-state index >= 15 is 0 Å². The predicted octanol–water partition coefficient (Wildman–Crippen LogP) is 1.03. The third kappa shape index (κ3) is 4.32. The summed E-state index contributed by atoms with van der Waals surface area (Å²) in [6.07, 6.45) is 3.39. The maximum absolute atomic E-state index is 12.9. The largest absolute Gasteiger partial charge is 0.619 e. The molecule has 1 aliphatic heterocycles. The maximum Gasteiger partial charge on any atom is 0.252 e. The molecule has 7 heteroatoms. The van der Waals surface area contributed by atoms with Crippen molar-refractivity contribution in [3.8, 4) is 0 Å². The first-order valence-electron chi connectivity index (χ1n) is 8.03. The quantitative estimate of drug-likeness (QED) is 0.651. The van der Waals surface area contributed by atoms with Crippen LogP contribution in [0.15, 0.2) is 48.8 Å². The average Bonchev–Trinajstić information content (AvgIpc) is 2.94. The highest BCUT2D eigenvalue weighted by atomic mass is 19.1. The highest BCUT2D eigenvalue weighted by Gasteiger charge is 2.30. The van der Waals surface area contributed by atoms with Crippen molar-refractivity contribution in [1.82, 2.24) is 10.2 Å². The van der Waals surface area contributed by atoms with Gasteiger partial charge in [0.2, 0.25) is 5.91 Å². The molecule has 1 atom stereocenters. The molecule has 0 aliphatic carbocycles. The van der Waals surface area contributed by atoms with Crippen LogP contribution in [0, 0.1) is 11.0 Å². The zero-order valence-corrected chi connectivity index (χ0v) is 13.5. The number of benzene rings is 1. The van der Waals surface area contributed by atoms with E-state index in [0.717, 1.165) is 5.56 Å². The van der Waals surface area contributed by atoms with Crippen LogP contribution in [0.3, 0.4) is 0 Å². The van der Waals surface area contributed by atoms with Crippen LogP contribution in [0.4, 0.5) is 4.39 Å². The summed E-state index contributed by atoms with van der Waals surface area (Å²) >= 11 is 0. The number of carbonyl (C=O) groups excluding carboxylic acids is 2. The number of carbonyl (C=O) groups is 2. The number of hydrogen-bond donors (Lipinski definition) is 1. The third-order valence-electron chi connectivity index (χ3n) is 4.20. The van der Waals surface area contributed by atoms with E-state index < -0.39 is 0 Å². The van der Waals surface area contributed by atoms with Crippen LogP contribution in [0.5, 0.6) is 0 Å². The first-order valence-corrected chi connectivity index (χ1v) is 8.03. The van der Waals surface area contributed by atoms with Crippen LogP contribution in [0.25, 0.3) is 0 Å². The Morgan fingerprint density at radius 3 is 2.60 bits per heavy atom. The van der Waals surface area contributed by atoms with Crippen molar-refractivity contribution in [1.29, 1.82) is 0 Å². The van der Waals surface area contributed by atoms with Gasteiger partial charge in [-0.05, 0) is 24.1 Å². The van der Waals surface area contributed by atoms with Crippen LogP contribution >= 0.6 is 0 Å². The fourth-order valence-corrected chi connectivity index (χ4v) is 2.83. The Hall–Kier alpha value is -2.96. The molecule has 2 heterocycles. The van der Waals surface area contributed by atoms with Gasteiger partial charge in [0.1, 0.15) is 5.82 Å². The average molecular weight is 343 g/mol. The molecule has 25 heavy (non-hydrogen) atoms. The van der Waals surface area contributed by atoms with Gasteiger partial charge in [0.15, 0.2) is 12.4 Å². The highest BCUT2D eigenvalue weighted by Crippen LogP contribution is 2.13. The van der Waals surface area contributed by atoms with Gasteiger partial charge >= 0.3 is 0 Å². The minimum Gasteiger partial charge on any atom is -0.619 e. The fraction of sp³-hybridized carbons (Fsp3) is 0.278. The van der Waals surface area contributed by atoms with Crippen LogP contribution < -0.4 is 10.0 Å². The van der Waals surface area contributed by atoms with E-state index in [1.54, 1.807) is 17.0 Å². The summed E-state index contributed by atoms with van der Waals surface area (Å²) in [6.45, 7) is 0.971. The molecule has 1 N–H and O–H groups in total. The van der Waals surface area contributed by atoms with Gasteiger partial charge in [-0.25, -0.2) is 4.39 Å². The SMILES string of the molecule is O=C(N[C@H]1CC(=O)N(CCc2ccc(F)cc2)C1)c1cc[n+]([O-])cc1. The Bertz CT molecular complexity index is 762. The van der Waals surface area contributed by atoms with E-state index in [1.165, 1.54) is 36.7 Å². The molecule has 0 bridgehead atoms. The highest BCUT2D eigenvalue weighted by molar-refractivity contribution is 5.94. The van der Waals surface area contributed by atoms with Crippen molar-refractivity contribution in [3.05, 3.63) is 70.9 Å². The van der Waals surface area contributed by atoms with Crippen molar-refractivity contribution in [2.75, 3.05) is 13.1 Å². The van der Waals surface area contributed by atoms with Gasteiger partial charge < -0.3 is 15.4 Å². The monoisotopic (exact) mass is 343 g/mol. The Labute approximate surface area is 144 Å². The lowest BCUT2D eigenvalue weighted by atomic mass is 10.1. The first kappa shape index (κ1) is 16.9. The molecule has 130 valence electrons. The zero-order valence-electron chi connectivity index (χ0n) is 13.5. The Morgan fingerprint density at radius 2 is 1.92 bits per heavy atom. The summed E-state index contributed by atoms with van der Waals surface area (Å²) in [6, 6.07) is 8.81. The van der Waals surface area contributed by atoms with Crippen LogP contribution in [-0.4, -0.2) is 35.8 Å². The summed E-state index contributed by atoms with van der Waals surface area (Å²) in [5, 5.41) is 13.8. The molecule has 1 aromatic heterocycles. The molecule has 3 rings (SSSR count). The molecule has 2 amide bonds. The number of nitrogens with zero attached hydrogens (tertiary/aromatic N) is 2. The number of pyridine rings is 1. The lowest BCUT2D eigenvalue weighted by Crippen LogP contribution is -2.38. The van der Waals surface area contributed by atoms with Crippen molar-refractivity contribution in [3.63, 3.8) is 0 Å². The Balaban J connectivity index is 1.52. The second kappa shape index (κ2) is 7.29. The second-order valence-corrected chi connectivity index (χ2v) is 6.04. The number of amides is 2. The van der Waals surface area contributed by atoms with E-state index in [2.05, 4.69) is 5.32 Å². The predicted molar refractivity (Wildman–Crippen MR) is 88.0 cm³/mol. The van der Waals surface area contributed by atoms with E-state index in [-0.39, 0.29) is 30.1 Å². The normalized spacial score (nSPS) is 16.9. The van der Waals surface area contributed by atoms with Crippen molar-refractivity contribution >= 4 is 11.8 Å². The number of hydrogen-bond acceptors (Lipinski definition) is 3. The molecular weight excluding hydrogens is 325 g/mol. The van der Waals surface area contributed by atoms with Crippen molar-refractivity contribution < 1.29 is 18.7 Å². The maximum atomic E-state index is 12.9. The van der Waals surface area contributed by atoms with Gasteiger partial charge in [0, 0.05) is 31.6 Å². The lowest BCUT2D eigenvalue weighted by molar-refractivity contribution is -0.605. The molecule has 0 spiro atoms. The minimum absolute atomic E-state index is 0.0159. The summed E-state index contributed by atoms with van der Waals surface area (Å²) in [5.41, 5.74) is 1.33. The molecule has 1 fully saturated rings. The summed E-state index contributed by atoms with van der Waals surface area (Å²) in [7, 11) is 0. The molecule has 0 saturated carbocycles. The standard InChI is InChI=1S/C18H18FN3O3/c19-15-3-1-13(2-4-15)5-8-21-12-16(11-17(21)23)20-18(24)14-6-9-22(25)10-7-14/h1-4,6-7,9-10,16H,5,8,11-12H2,(H,20,24)/t16-/m0/s1. The van der Waals surface area contributed by atoms with Gasteiger partial charge in [-0.2, -0.15) is 4.73 Å². The zero-order chi connectivity index (χ0) is 17.8. The molecule has 1 aromatic carbocycles. The number of nitrogens with one attached hydrogen (secondary N) is 1. The van der Waals surface area contributed by atoms with Gasteiger partial charge in [-0.15, -0.1) is 0 Å². The summed E-state index contributed by atoms with van der Waals surface area (Å²) in [4.78, 5) is 25.9. The van der Waals surface area contributed by atoms with Crippen LogP contribution in [0.2, 0.25) is 0 Å². The van der Waals surface area contributed by atoms with E-state index in [4.69, 9.17) is 0 Å². The molecule has 6 nitrogen and oxygen atoms in total. The number of likely N-dealkylation sites (tertiary alicyclic amines) is 1. The van der Waals surface area contributed by atoms with Crippen molar-refractivity contribution in [2.24, 2.45) is 0 Å². The number of rotatable bonds is 5. The lowest BCUT2D eigenvalue weighted by Gasteiger charge is -2.17. The Morgan fingerprint density at radius 1 is 1.24 bits per heavy atom. The fourth-order valence-electron chi connectivity index (χ4n) is 2.83. The summed E-state index contributed by atoms with van der Waals surface area (Å²) in [5.74, 6) is -0.608. The molecule has 0 unspecified atom stereocenters. The topological polar surface area (TPSA) is 76.4 Å². The minimum atomic E-state index is -0.307. The van der Waals surface area contributed by atoms with E-state index in [9.17, 15) is 19.2 Å². The number of halogens is 1. The van der Waals surface area contributed by atoms with Gasteiger partial charge in [0.25, 0.3) is 5.91 Å². The van der Waals surface area contributed by atoms with Crippen molar-refractivity contribution in [2.45, 2.75) is 18.9 Å². The second-order valence-electron chi connectivity index (χ2n) is 6.04. The number of aromatic nitrogens is 1. The molecule has 2 aromatic rings. The third-order valence-corrected chi connectivity index (χ3v) is 4.20. The molecular formula is C18H18FN3O3. The molecule has 1 saturated heterocycles. The van der Waals surface area contributed by atoms with Crippen LogP contribution in [-0.2, 0) is 11.2 Å². The van der Waals surface area contributed by atoms with Gasteiger partial charge in [-0.1, -0.05) is 12.1 Å². The molecule has 0 radical (unpaired) electrons. The summed E-state index contributed by atoms with van der Waals surface area (Å²) < 4.78 is 13.5. The Kier molecular flexibility index (Phi) is 4.92. The van der Waals surface area contributed by atoms with Gasteiger partial charge in [-0.3, -0.25) is 9.59 Å². The van der Waals surface area contributed by atoms with E-state index in [1.807, 2.05) is 0 Å². The van der Waals surface area contributed by atoms with Crippen LogP contribution in [0.1, 0.15) is 22.3 Å². The first-order chi connectivity index (χ1) is 12.0. The molecule has 1 aliphatic rings. The smallest absolute Gasteiger partial charge is 0.252 e. The van der Waals surface area contributed by atoms with Gasteiger partial charge in [0.05, 0.1) is 11.6 Å².